The van der Waals surface area contributed by atoms with Crippen LogP contribution in [0.15, 0.2) is 43.0 Å². The minimum absolute atomic E-state index is 0.142. The summed E-state index contributed by atoms with van der Waals surface area (Å²) in [5, 5.41) is 8.74. The average Bonchev–Trinajstić information content (AvgIpc) is 2.39. The van der Waals surface area contributed by atoms with Crippen LogP contribution in [0.2, 0.25) is 0 Å². The number of carboxylic acid groups (broad SMARTS) is 1. The smallest absolute Gasteiger partial charge is 0.303 e. The zero-order valence-electron chi connectivity index (χ0n) is 10.8. The van der Waals surface area contributed by atoms with E-state index in [1.54, 1.807) is 12.4 Å². The number of benzene rings is 1. The van der Waals surface area contributed by atoms with Crippen molar-refractivity contribution in [3.63, 3.8) is 0 Å². The zero-order valence-corrected chi connectivity index (χ0v) is 10.8. The van der Waals surface area contributed by atoms with Gasteiger partial charge >= 0.3 is 5.97 Å². The van der Waals surface area contributed by atoms with Gasteiger partial charge in [0.15, 0.2) is 0 Å². The van der Waals surface area contributed by atoms with Crippen molar-refractivity contribution in [3.8, 4) is 11.1 Å². The van der Waals surface area contributed by atoms with Crippen LogP contribution in [0.25, 0.3) is 11.1 Å². The molecule has 19 heavy (non-hydrogen) atoms. The summed E-state index contributed by atoms with van der Waals surface area (Å²) in [4.78, 5) is 18.6. The highest BCUT2D eigenvalue weighted by Crippen LogP contribution is 2.19. The standard InChI is InChI=1S/C15H16N2O2/c1-11(7-15(18)19)6-12-2-4-13(5-3-12)14-8-16-10-17-9-14/h2-5,8-11H,6-7H2,1H3,(H,18,19). The van der Waals surface area contributed by atoms with Crippen LogP contribution in [0.3, 0.4) is 0 Å². The van der Waals surface area contributed by atoms with Crippen molar-refractivity contribution in [2.24, 2.45) is 5.92 Å². The Morgan fingerprint density at radius 2 is 1.79 bits per heavy atom. The summed E-state index contributed by atoms with van der Waals surface area (Å²) in [5.74, 6) is -0.603. The second kappa shape index (κ2) is 6.09. The molecule has 0 bridgehead atoms. The lowest BCUT2D eigenvalue weighted by Crippen LogP contribution is -2.06. The van der Waals surface area contributed by atoms with Gasteiger partial charge in [-0.05, 0) is 23.5 Å². The molecule has 1 atom stereocenters. The van der Waals surface area contributed by atoms with Crippen LogP contribution in [-0.2, 0) is 11.2 Å². The molecule has 0 aliphatic rings. The summed E-state index contributed by atoms with van der Waals surface area (Å²) in [7, 11) is 0. The third-order valence-corrected chi connectivity index (χ3v) is 2.96. The van der Waals surface area contributed by atoms with E-state index < -0.39 is 5.97 Å². The highest BCUT2D eigenvalue weighted by Gasteiger charge is 2.08. The third-order valence-electron chi connectivity index (χ3n) is 2.96. The summed E-state index contributed by atoms with van der Waals surface area (Å²) in [6.45, 7) is 1.95. The Balaban J connectivity index is 2.05. The van der Waals surface area contributed by atoms with E-state index in [9.17, 15) is 4.79 Å². The van der Waals surface area contributed by atoms with E-state index in [0.717, 1.165) is 23.1 Å². The molecule has 0 aliphatic heterocycles. The van der Waals surface area contributed by atoms with Gasteiger partial charge in [0.25, 0.3) is 0 Å². The molecular formula is C15H16N2O2. The Hall–Kier alpha value is -2.23. The number of nitrogens with zero attached hydrogens (tertiary/aromatic N) is 2. The minimum Gasteiger partial charge on any atom is -0.481 e. The van der Waals surface area contributed by atoms with Crippen LogP contribution >= 0.6 is 0 Å². The molecule has 98 valence electrons. The van der Waals surface area contributed by atoms with Gasteiger partial charge in [-0.3, -0.25) is 4.79 Å². The van der Waals surface area contributed by atoms with Gasteiger partial charge in [-0.15, -0.1) is 0 Å². The zero-order chi connectivity index (χ0) is 13.7. The van der Waals surface area contributed by atoms with Crippen molar-refractivity contribution >= 4 is 5.97 Å². The van der Waals surface area contributed by atoms with E-state index in [0.29, 0.717) is 0 Å². The van der Waals surface area contributed by atoms with Gasteiger partial charge in [0.2, 0.25) is 0 Å². The molecule has 1 unspecified atom stereocenters. The van der Waals surface area contributed by atoms with Crippen LogP contribution < -0.4 is 0 Å². The normalized spacial score (nSPS) is 12.1. The quantitative estimate of drug-likeness (QED) is 0.893. The predicted octanol–water partition coefficient (Wildman–Crippen LogP) is 2.80. The van der Waals surface area contributed by atoms with E-state index in [-0.39, 0.29) is 12.3 Å². The highest BCUT2D eigenvalue weighted by atomic mass is 16.4. The summed E-state index contributed by atoms with van der Waals surface area (Å²) < 4.78 is 0. The molecule has 0 radical (unpaired) electrons. The first-order valence-corrected chi connectivity index (χ1v) is 6.21. The van der Waals surface area contributed by atoms with Crippen molar-refractivity contribution in [2.75, 3.05) is 0 Å². The van der Waals surface area contributed by atoms with Crippen LogP contribution in [0, 0.1) is 5.92 Å². The van der Waals surface area contributed by atoms with E-state index in [1.807, 2.05) is 31.2 Å². The van der Waals surface area contributed by atoms with Crippen LogP contribution in [0.5, 0.6) is 0 Å². The molecule has 0 spiro atoms. The fourth-order valence-electron chi connectivity index (χ4n) is 2.05. The molecule has 1 aromatic carbocycles. The molecule has 2 aromatic rings. The maximum atomic E-state index is 10.6. The lowest BCUT2D eigenvalue weighted by atomic mass is 9.97. The molecule has 1 N–H and O–H groups in total. The maximum Gasteiger partial charge on any atom is 0.303 e. The number of aliphatic carboxylic acids is 1. The van der Waals surface area contributed by atoms with Gasteiger partial charge in [0.1, 0.15) is 6.33 Å². The summed E-state index contributed by atoms with van der Waals surface area (Å²) >= 11 is 0. The van der Waals surface area contributed by atoms with Gasteiger partial charge in [0, 0.05) is 24.4 Å². The van der Waals surface area contributed by atoms with Crippen LogP contribution in [0.4, 0.5) is 0 Å². The maximum absolute atomic E-state index is 10.6. The topological polar surface area (TPSA) is 63.1 Å². The Labute approximate surface area is 112 Å². The molecule has 0 saturated heterocycles. The second-order valence-electron chi connectivity index (χ2n) is 4.73. The number of hydrogen-bond acceptors (Lipinski definition) is 3. The van der Waals surface area contributed by atoms with Gasteiger partial charge in [-0.25, -0.2) is 9.97 Å². The Kier molecular flexibility index (Phi) is 4.23. The minimum atomic E-state index is -0.745. The van der Waals surface area contributed by atoms with Crippen molar-refractivity contribution < 1.29 is 9.90 Å². The average molecular weight is 256 g/mol. The Morgan fingerprint density at radius 3 is 2.37 bits per heavy atom. The van der Waals surface area contributed by atoms with Crippen LogP contribution in [0.1, 0.15) is 18.9 Å². The second-order valence-corrected chi connectivity index (χ2v) is 4.73. The lowest BCUT2D eigenvalue weighted by molar-refractivity contribution is -0.137. The van der Waals surface area contributed by atoms with Gasteiger partial charge in [0.05, 0.1) is 0 Å². The third kappa shape index (κ3) is 3.88. The lowest BCUT2D eigenvalue weighted by Gasteiger charge is -2.09. The first-order valence-electron chi connectivity index (χ1n) is 6.21. The molecule has 0 fully saturated rings. The molecular weight excluding hydrogens is 240 g/mol. The van der Waals surface area contributed by atoms with E-state index >= 15 is 0 Å². The number of carbonyl (C=O) groups is 1. The van der Waals surface area contributed by atoms with Gasteiger partial charge < -0.3 is 5.11 Å². The molecule has 0 aliphatic carbocycles. The molecule has 2 rings (SSSR count). The van der Waals surface area contributed by atoms with Crippen molar-refractivity contribution in [2.45, 2.75) is 19.8 Å². The summed E-state index contributed by atoms with van der Waals surface area (Å²) in [5.41, 5.74) is 3.19. The van der Waals surface area contributed by atoms with Gasteiger partial charge in [-0.1, -0.05) is 31.2 Å². The van der Waals surface area contributed by atoms with E-state index in [1.165, 1.54) is 6.33 Å². The summed E-state index contributed by atoms with van der Waals surface area (Å²) in [6, 6.07) is 8.09. The van der Waals surface area contributed by atoms with E-state index in [2.05, 4.69) is 9.97 Å². The molecule has 4 heteroatoms. The van der Waals surface area contributed by atoms with Crippen molar-refractivity contribution in [1.82, 2.24) is 9.97 Å². The number of hydrogen-bond donors (Lipinski definition) is 1. The van der Waals surface area contributed by atoms with Crippen molar-refractivity contribution in [3.05, 3.63) is 48.5 Å². The van der Waals surface area contributed by atoms with E-state index in [4.69, 9.17) is 5.11 Å². The molecule has 4 nitrogen and oxygen atoms in total. The van der Waals surface area contributed by atoms with Crippen LogP contribution in [-0.4, -0.2) is 21.0 Å². The molecule has 0 amide bonds. The Bertz CT molecular complexity index is 538. The molecule has 0 saturated carbocycles. The fraction of sp³-hybridized carbons (Fsp3) is 0.267. The number of carboxylic acids is 1. The fourth-order valence-corrected chi connectivity index (χ4v) is 2.05. The number of rotatable bonds is 5. The first-order chi connectivity index (χ1) is 9.15. The van der Waals surface area contributed by atoms with Crippen molar-refractivity contribution in [1.29, 1.82) is 0 Å². The highest BCUT2D eigenvalue weighted by molar-refractivity contribution is 5.67. The monoisotopic (exact) mass is 256 g/mol. The Morgan fingerprint density at radius 1 is 1.16 bits per heavy atom. The molecule has 1 aromatic heterocycles. The molecule has 1 heterocycles. The number of aromatic nitrogens is 2. The SMILES string of the molecule is CC(CC(=O)O)Cc1ccc(-c2cncnc2)cc1. The summed E-state index contributed by atoms with van der Waals surface area (Å²) in [6.07, 6.45) is 6.03. The first kappa shape index (κ1) is 13.2. The van der Waals surface area contributed by atoms with Gasteiger partial charge in [-0.2, -0.15) is 0 Å². The largest absolute Gasteiger partial charge is 0.481 e. The predicted molar refractivity (Wildman–Crippen MR) is 72.6 cm³/mol.